The van der Waals surface area contributed by atoms with Crippen LogP contribution in [0, 0.1) is 0 Å². The highest BCUT2D eigenvalue weighted by Gasteiger charge is 2.37. The number of carbonyl (C=O) groups excluding carboxylic acids is 2. The number of amides is 2. The van der Waals surface area contributed by atoms with Crippen molar-refractivity contribution < 1.29 is 18.0 Å². The Morgan fingerprint density at radius 2 is 2.14 bits per heavy atom. The Balaban J connectivity index is 1.48. The van der Waals surface area contributed by atoms with E-state index in [4.69, 9.17) is 11.6 Å². The van der Waals surface area contributed by atoms with Crippen LogP contribution >= 0.6 is 34.3 Å². The molecule has 2 aliphatic heterocycles. The Kier molecular flexibility index (Phi) is 5.25. The van der Waals surface area contributed by atoms with Crippen molar-refractivity contribution in [1.82, 2.24) is 9.99 Å². The molecule has 0 saturated carbocycles. The molecule has 2 amide bonds. The van der Waals surface area contributed by atoms with Crippen molar-refractivity contribution in [2.24, 2.45) is 5.10 Å². The molecule has 4 heterocycles. The van der Waals surface area contributed by atoms with Crippen molar-refractivity contribution in [1.29, 1.82) is 0 Å². The summed E-state index contributed by atoms with van der Waals surface area (Å²) in [6.07, 6.45) is 0.671. The van der Waals surface area contributed by atoms with Crippen molar-refractivity contribution in [2.75, 3.05) is 16.8 Å². The van der Waals surface area contributed by atoms with Crippen LogP contribution in [-0.4, -0.2) is 53.5 Å². The van der Waals surface area contributed by atoms with Gasteiger partial charge in [-0.25, -0.2) is 18.4 Å². The molecule has 8 nitrogen and oxygen atoms in total. The zero-order valence-corrected chi connectivity index (χ0v) is 17.6. The molecule has 0 bridgehead atoms. The number of hydrogen-bond acceptors (Lipinski definition) is 8. The molecule has 0 spiro atoms. The van der Waals surface area contributed by atoms with Crippen LogP contribution in [0.15, 0.2) is 22.6 Å². The van der Waals surface area contributed by atoms with Gasteiger partial charge in [-0.3, -0.25) is 14.9 Å². The Labute approximate surface area is 174 Å². The molecule has 148 valence electrons. The van der Waals surface area contributed by atoms with Crippen LogP contribution in [0.3, 0.4) is 0 Å². The van der Waals surface area contributed by atoms with E-state index in [1.165, 1.54) is 27.7 Å². The quantitative estimate of drug-likeness (QED) is 0.757. The Morgan fingerprint density at radius 1 is 1.32 bits per heavy atom. The SMILES string of the molecule is O=C(Nc1nc(-c2ccc(Cl)s2)cs1)C1=NN([C@@H]2CCS(=O)(=O)C2)C(=O)CC1. The number of aromatic nitrogens is 1. The fraction of sp³-hybridized carbons (Fsp3) is 0.375. The normalized spacial score (nSPS) is 21.6. The van der Waals surface area contributed by atoms with Gasteiger partial charge in [0.25, 0.3) is 5.91 Å². The molecular weight excluding hydrogens is 444 g/mol. The molecule has 12 heteroatoms. The molecule has 0 radical (unpaired) electrons. The number of nitrogens with one attached hydrogen (secondary N) is 1. The van der Waals surface area contributed by atoms with E-state index in [-0.39, 0.29) is 36.0 Å². The standard InChI is InChI=1S/C16H15ClN4O4S3/c17-13-3-2-12(27-13)11-7-26-16(18-11)19-15(23)10-1-4-14(22)21(20-10)9-5-6-28(24,25)8-9/h2-3,7,9H,1,4-6,8H2,(H,18,19,23)/t9-/m1/s1. The van der Waals surface area contributed by atoms with Crippen LogP contribution in [0.25, 0.3) is 10.6 Å². The van der Waals surface area contributed by atoms with Gasteiger partial charge in [-0.2, -0.15) is 5.10 Å². The minimum Gasteiger partial charge on any atom is -0.297 e. The van der Waals surface area contributed by atoms with Gasteiger partial charge in [0.15, 0.2) is 15.0 Å². The summed E-state index contributed by atoms with van der Waals surface area (Å²) in [5, 5.41) is 10.3. The molecule has 28 heavy (non-hydrogen) atoms. The lowest BCUT2D eigenvalue weighted by Gasteiger charge is -2.27. The average molecular weight is 459 g/mol. The maximum absolute atomic E-state index is 12.6. The number of anilines is 1. The van der Waals surface area contributed by atoms with Crippen molar-refractivity contribution in [3.05, 3.63) is 21.8 Å². The molecule has 1 atom stereocenters. The van der Waals surface area contributed by atoms with Crippen LogP contribution in [0.5, 0.6) is 0 Å². The smallest absolute Gasteiger partial charge is 0.273 e. The lowest BCUT2D eigenvalue weighted by molar-refractivity contribution is -0.133. The summed E-state index contributed by atoms with van der Waals surface area (Å²) in [7, 11) is -3.16. The maximum atomic E-state index is 12.6. The molecule has 0 unspecified atom stereocenters. The second-order valence-electron chi connectivity index (χ2n) is 6.44. The molecule has 1 fully saturated rings. The van der Waals surface area contributed by atoms with Crippen molar-refractivity contribution in [3.63, 3.8) is 0 Å². The summed E-state index contributed by atoms with van der Waals surface area (Å²) < 4.78 is 24.0. The third-order valence-electron chi connectivity index (χ3n) is 4.43. The first-order chi connectivity index (χ1) is 13.3. The predicted octanol–water partition coefficient (Wildman–Crippen LogP) is 2.63. The Bertz CT molecular complexity index is 1080. The Morgan fingerprint density at radius 3 is 2.82 bits per heavy atom. The number of thiophene rings is 1. The van der Waals surface area contributed by atoms with Crippen molar-refractivity contribution in [2.45, 2.75) is 25.3 Å². The zero-order chi connectivity index (χ0) is 19.9. The van der Waals surface area contributed by atoms with Crippen LogP contribution < -0.4 is 5.32 Å². The van der Waals surface area contributed by atoms with Gasteiger partial charge in [-0.15, -0.1) is 22.7 Å². The van der Waals surface area contributed by atoms with Gasteiger partial charge >= 0.3 is 0 Å². The summed E-state index contributed by atoms with van der Waals surface area (Å²) in [5.74, 6) is -0.781. The lowest BCUT2D eigenvalue weighted by Crippen LogP contribution is -2.42. The summed E-state index contributed by atoms with van der Waals surface area (Å²) in [6, 6.07) is 3.14. The van der Waals surface area contributed by atoms with E-state index < -0.39 is 21.8 Å². The third-order valence-corrected chi connectivity index (χ3v) is 8.19. The van der Waals surface area contributed by atoms with Crippen molar-refractivity contribution in [3.8, 4) is 10.6 Å². The maximum Gasteiger partial charge on any atom is 0.273 e. The fourth-order valence-electron chi connectivity index (χ4n) is 3.05. The van der Waals surface area contributed by atoms with Crippen molar-refractivity contribution >= 4 is 66.8 Å². The second-order valence-corrected chi connectivity index (χ2v) is 11.2. The van der Waals surface area contributed by atoms with Gasteiger partial charge in [-0.05, 0) is 18.6 Å². The highest BCUT2D eigenvalue weighted by atomic mass is 35.5. The highest BCUT2D eigenvalue weighted by Crippen LogP contribution is 2.33. The zero-order valence-electron chi connectivity index (χ0n) is 14.4. The minimum atomic E-state index is -3.16. The average Bonchev–Trinajstić information content (AvgIpc) is 3.35. The third kappa shape index (κ3) is 4.12. The van der Waals surface area contributed by atoms with Gasteiger partial charge in [-0.1, -0.05) is 11.6 Å². The number of thiazole rings is 1. The first kappa shape index (κ1) is 19.5. The molecule has 2 aromatic heterocycles. The van der Waals surface area contributed by atoms with E-state index in [1.54, 1.807) is 6.07 Å². The molecule has 1 N–H and O–H groups in total. The van der Waals surface area contributed by atoms with E-state index in [2.05, 4.69) is 15.4 Å². The first-order valence-electron chi connectivity index (χ1n) is 8.43. The van der Waals surface area contributed by atoms with Gasteiger partial charge < -0.3 is 0 Å². The summed E-state index contributed by atoms with van der Waals surface area (Å²) >= 11 is 8.61. The molecular formula is C16H15ClN4O4S3. The van der Waals surface area contributed by atoms with E-state index in [0.717, 1.165) is 10.6 Å². The molecule has 2 aromatic rings. The summed E-state index contributed by atoms with van der Waals surface area (Å²) in [6.45, 7) is 0. The fourth-order valence-corrected chi connectivity index (χ4v) is 6.53. The van der Waals surface area contributed by atoms with Crippen LogP contribution in [0.1, 0.15) is 19.3 Å². The Hall–Kier alpha value is -1.82. The van der Waals surface area contributed by atoms with E-state index >= 15 is 0 Å². The van der Waals surface area contributed by atoms with Gasteiger partial charge in [0, 0.05) is 18.2 Å². The minimum absolute atomic E-state index is 0.0348. The molecule has 4 rings (SSSR count). The summed E-state index contributed by atoms with van der Waals surface area (Å²) in [4.78, 5) is 30.0. The predicted molar refractivity (Wildman–Crippen MR) is 110 cm³/mol. The topological polar surface area (TPSA) is 109 Å². The second kappa shape index (κ2) is 7.54. The van der Waals surface area contributed by atoms with Crippen LogP contribution in [0.4, 0.5) is 5.13 Å². The van der Waals surface area contributed by atoms with Gasteiger partial charge in [0.05, 0.1) is 32.5 Å². The summed E-state index contributed by atoms with van der Waals surface area (Å²) in [5.41, 5.74) is 0.913. The van der Waals surface area contributed by atoms with E-state index in [0.29, 0.717) is 15.9 Å². The number of sulfone groups is 1. The molecule has 2 aliphatic rings. The highest BCUT2D eigenvalue weighted by molar-refractivity contribution is 7.91. The van der Waals surface area contributed by atoms with Gasteiger partial charge in [0.2, 0.25) is 5.91 Å². The first-order valence-corrected chi connectivity index (χ1v) is 12.3. The number of nitrogens with zero attached hydrogens (tertiary/aromatic N) is 3. The lowest BCUT2D eigenvalue weighted by atomic mass is 10.1. The largest absolute Gasteiger partial charge is 0.297 e. The van der Waals surface area contributed by atoms with E-state index in [1.807, 2.05) is 11.4 Å². The number of rotatable bonds is 4. The number of hydrazone groups is 1. The molecule has 0 aromatic carbocycles. The molecule has 1 saturated heterocycles. The van der Waals surface area contributed by atoms with Crippen LogP contribution in [0.2, 0.25) is 4.34 Å². The van der Waals surface area contributed by atoms with Crippen LogP contribution in [-0.2, 0) is 19.4 Å². The van der Waals surface area contributed by atoms with E-state index in [9.17, 15) is 18.0 Å². The molecule has 0 aliphatic carbocycles. The van der Waals surface area contributed by atoms with Gasteiger partial charge in [0.1, 0.15) is 5.71 Å². The number of hydrogen-bond donors (Lipinski definition) is 1. The number of carbonyl (C=O) groups is 2. The number of halogens is 1. The monoisotopic (exact) mass is 458 g/mol.